The van der Waals surface area contributed by atoms with Crippen LogP contribution in [0.5, 0.6) is 5.75 Å². The molecule has 1 saturated heterocycles. The number of aryl methyl sites for hydroxylation is 1. The Kier molecular flexibility index (Phi) is 4.07. The van der Waals surface area contributed by atoms with Crippen LogP contribution in [0.2, 0.25) is 0 Å². The lowest BCUT2D eigenvalue weighted by Crippen LogP contribution is -2.32. The van der Waals surface area contributed by atoms with Gasteiger partial charge in [-0.05, 0) is 31.9 Å². The predicted octanol–water partition coefficient (Wildman–Crippen LogP) is 2.47. The van der Waals surface area contributed by atoms with Gasteiger partial charge < -0.3 is 14.8 Å². The number of nitrogens with zero attached hydrogens (tertiary/aromatic N) is 1. The fourth-order valence-electron chi connectivity index (χ4n) is 1.75. The van der Waals surface area contributed by atoms with Crippen molar-refractivity contribution in [3.05, 3.63) is 29.8 Å². The van der Waals surface area contributed by atoms with Crippen LogP contribution in [0, 0.1) is 6.92 Å². The number of amidine groups is 1. The molecule has 0 amide bonds. The maximum absolute atomic E-state index is 5.86. The average molecular weight is 248 g/mol. The van der Waals surface area contributed by atoms with E-state index in [9.17, 15) is 0 Å². The van der Waals surface area contributed by atoms with Crippen molar-refractivity contribution in [2.45, 2.75) is 39.5 Å². The van der Waals surface area contributed by atoms with Crippen LogP contribution in [0.3, 0.4) is 0 Å². The van der Waals surface area contributed by atoms with E-state index < -0.39 is 0 Å². The number of ether oxygens (including phenoxy) is 2. The Bertz CT molecular complexity index is 432. The standard InChI is InChI=1S/C14H20N2O2/c1-4-9-15-14-16-11(3)13(18-14)17-12-8-6-5-7-10(12)2/h5-8,11,13H,4,9H2,1-3H3,(H,15,16). The minimum Gasteiger partial charge on any atom is -0.452 e. The summed E-state index contributed by atoms with van der Waals surface area (Å²) in [6.45, 7) is 6.90. The summed E-state index contributed by atoms with van der Waals surface area (Å²) in [6.07, 6.45) is 0.688. The lowest BCUT2D eigenvalue weighted by Gasteiger charge is -2.16. The molecular formula is C14H20N2O2. The second kappa shape index (κ2) is 5.76. The Morgan fingerprint density at radius 2 is 2.17 bits per heavy atom. The van der Waals surface area contributed by atoms with Crippen LogP contribution < -0.4 is 10.1 Å². The molecule has 1 N–H and O–H groups in total. The van der Waals surface area contributed by atoms with Gasteiger partial charge in [0.2, 0.25) is 0 Å². The SMILES string of the molecule is CCCN=C1NC(C)C(Oc2ccccc2C)O1. The third-order valence-corrected chi connectivity index (χ3v) is 2.80. The van der Waals surface area contributed by atoms with Gasteiger partial charge in [-0.15, -0.1) is 0 Å². The van der Waals surface area contributed by atoms with Crippen molar-refractivity contribution in [1.29, 1.82) is 0 Å². The van der Waals surface area contributed by atoms with Gasteiger partial charge in [0.25, 0.3) is 12.3 Å². The van der Waals surface area contributed by atoms with E-state index in [0.717, 1.165) is 24.3 Å². The van der Waals surface area contributed by atoms with Crippen molar-refractivity contribution in [3.63, 3.8) is 0 Å². The molecule has 1 aliphatic rings. The second-order valence-corrected chi connectivity index (χ2v) is 4.49. The van der Waals surface area contributed by atoms with Gasteiger partial charge in [-0.25, -0.2) is 4.99 Å². The van der Waals surface area contributed by atoms with E-state index in [-0.39, 0.29) is 12.3 Å². The molecule has 1 fully saturated rings. The fourth-order valence-corrected chi connectivity index (χ4v) is 1.75. The molecule has 0 radical (unpaired) electrons. The molecular weight excluding hydrogens is 228 g/mol. The van der Waals surface area contributed by atoms with Crippen LogP contribution in [0.15, 0.2) is 29.3 Å². The summed E-state index contributed by atoms with van der Waals surface area (Å²) in [4.78, 5) is 4.31. The van der Waals surface area contributed by atoms with Crippen molar-refractivity contribution >= 4 is 6.02 Å². The van der Waals surface area contributed by atoms with E-state index in [1.165, 1.54) is 0 Å². The second-order valence-electron chi connectivity index (χ2n) is 4.49. The van der Waals surface area contributed by atoms with Gasteiger partial charge in [0, 0.05) is 6.54 Å². The lowest BCUT2D eigenvalue weighted by molar-refractivity contribution is 0.00343. The third-order valence-electron chi connectivity index (χ3n) is 2.80. The number of hydrogen-bond acceptors (Lipinski definition) is 3. The molecule has 0 spiro atoms. The van der Waals surface area contributed by atoms with Crippen molar-refractivity contribution in [2.24, 2.45) is 4.99 Å². The Morgan fingerprint density at radius 3 is 2.89 bits per heavy atom. The zero-order valence-electron chi connectivity index (χ0n) is 11.1. The summed E-state index contributed by atoms with van der Waals surface area (Å²) in [5.74, 6) is 0.855. The first-order chi connectivity index (χ1) is 8.70. The van der Waals surface area contributed by atoms with Crippen LogP contribution in [-0.4, -0.2) is 24.9 Å². The highest BCUT2D eigenvalue weighted by Gasteiger charge is 2.31. The zero-order valence-corrected chi connectivity index (χ0v) is 11.1. The summed E-state index contributed by atoms with van der Waals surface area (Å²) < 4.78 is 11.5. The van der Waals surface area contributed by atoms with Crippen molar-refractivity contribution < 1.29 is 9.47 Å². The summed E-state index contributed by atoms with van der Waals surface area (Å²) in [7, 11) is 0. The van der Waals surface area contributed by atoms with E-state index in [2.05, 4.69) is 17.2 Å². The van der Waals surface area contributed by atoms with E-state index in [1.54, 1.807) is 0 Å². The van der Waals surface area contributed by atoms with Crippen molar-refractivity contribution in [2.75, 3.05) is 6.54 Å². The minimum absolute atomic E-state index is 0.0974. The lowest BCUT2D eigenvalue weighted by atomic mass is 10.2. The number of benzene rings is 1. The molecule has 1 aromatic carbocycles. The van der Waals surface area contributed by atoms with E-state index in [0.29, 0.717) is 6.02 Å². The quantitative estimate of drug-likeness (QED) is 0.890. The smallest absolute Gasteiger partial charge is 0.288 e. The first kappa shape index (κ1) is 12.7. The summed E-state index contributed by atoms with van der Waals surface area (Å²) in [6, 6.07) is 8.61. The molecule has 2 atom stereocenters. The first-order valence-corrected chi connectivity index (χ1v) is 6.40. The summed E-state index contributed by atoms with van der Waals surface area (Å²) in [5.41, 5.74) is 1.10. The number of nitrogens with one attached hydrogen (secondary N) is 1. The van der Waals surface area contributed by atoms with Gasteiger partial charge in [0.05, 0.1) is 0 Å². The highest BCUT2D eigenvalue weighted by Crippen LogP contribution is 2.21. The van der Waals surface area contributed by atoms with Crippen LogP contribution in [0.1, 0.15) is 25.8 Å². The van der Waals surface area contributed by atoms with Gasteiger partial charge in [-0.1, -0.05) is 25.1 Å². The Balaban J connectivity index is 2.01. The van der Waals surface area contributed by atoms with Gasteiger partial charge in [-0.2, -0.15) is 0 Å². The normalized spacial score (nSPS) is 24.7. The van der Waals surface area contributed by atoms with Crippen LogP contribution in [0.25, 0.3) is 0 Å². The molecule has 98 valence electrons. The van der Waals surface area contributed by atoms with Crippen LogP contribution in [-0.2, 0) is 4.74 Å². The monoisotopic (exact) mass is 248 g/mol. The number of aliphatic imine (C=N–C) groups is 1. The molecule has 0 aromatic heterocycles. The Morgan fingerprint density at radius 1 is 1.39 bits per heavy atom. The molecule has 2 unspecified atom stereocenters. The largest absolute Gasteiger partial charge is 0.452 e. The minimum atomic E-state index is -0.318. The molecule has 1 aliphatic heterocycles. The van der Waals surface area contributed by atoms with E-state index >= 15 is 0 Å². The number of para-hydroxylation sites is 1. The Labute approximate surface area is 108 Å². The molecule has 4 heteroatoms. The molecule has 2 rings (SSSR count). The maximum Gasteiger partial charge on any atom is 0.288 e. The highest BCUT2D eigenvalue weighted by atomic mass is 16.7. The fraction of sp³-hybridized carbons (Fsp3) is 0.500. The van der Waals surface area contributed by atoms with Gasteiger partial charge >= 0.3 is 0 Å². The summed E-state index contributed by atoms with van der Waals surface area (Å²) in [5, 5.41) is 3.18. The zero-order chi connectivity index (χ0) is 13.0. The first-order valence-electron chi connectivity index (χ1n) is 6.40. The Hall–Kier alpha value is -1.71. The summed E-state index contributed by atoms with van der Waals surface area (Å²) >= 11 is 0. The van der Waals surface area contributed by atoms with Gasteiger partial charge in [-0.3, -0.25) is 0 Å². The van der Waals surface area contributed by atoms with Crippen molar-refractivity contribution in [3.8, 4) is 5.75 Å². The molecule has 1 aromatic rings. The predicted molar refractivity (Wildman–Crippen MR) is 71.9 cm³/mol. The number of hydrogen-bond donors (Lipinski definition) is 1. The van der Waals surface area contributed by atoms with E-state index in [4.69, 9.17) is 9.47 Å². The van der Waals surface area contributed by atoms with E-state index in [1.807, 2.05) is 38.1 Å². The molecule has 0 aliphatic carbocycles. The maximum atomic E-state index is 5.86. The highest BCUT2D eigenvalue weighted by molar-refractivity contribution is 5.76. The molecule has 18 heavy (non-hydrogen) atoms. The molecule has 1 heterocycles. The topological polar surface area (TPSA) is 42.9 Å². The molecule has 0 bridgehead atoms. The molecule has 4 nitrogen and oxygen atoms in total. The van der Waals surface area contributed by atoms with Gasteiger partial charge in [0.15, 0.2) is 0 Å². The molecule has 0 saturated carbocycles. The third kappa shape index (κ3) is 2.94. The van der Waals surface area contributed by atoms with Crippen molar-refractivity contribution in [1.82, 2.24) is 5.32 Å². The average Bonchev–Trinajstić information content (AvgIpc) is 2.70. The van der Waals surface area contributed by atoms with Gasteiger partial charge in [0.1, 0.15) is 11.8 Å². The van der Waals surface area contributed by atoms with Crippen LogP contribution in [0.4, 0.5) is 0 Å². The number of rotatable bonds is 4. The van der Waals surface area contributed by atoms with Crippen LogP contribution >= 0.6 is 0 Å².